The van der Waals surface area contributed by atoms with Gasteiger partial charge < -0.3 is 22.9 Å². The van der Waals surface area contributed by atoms with Crippen LogP contribution in [0.5, 0.6) is 0 Å². The van der Waals surface area contributed by atoms with Crippen molar-refractivity contribution in [3.05, 3.63) is 62.0 Å². The minimum Gasteiger partial charge on any atom is -0.489 e. The molecule has 2 aromatic carbocycles. The van der Waals surface area contributed by atoms with E-state index >= 15 is 0 Å². The molecular formula is C14H14N2OY-2. The van der Waals surface area contributed by atoms with Crippen LogP contribution < -0.4 is 10.6 Å². The van der Waals surface area contributed by atoms with Crippen molar-refractivity contribution in [3.63, 3.8) is 0 Å². The van der Waals surface area contributed by atoms with Gasteiger partial charge in [-0.15, -0.1) is 6.07 Å². The van der Waals surface area contributed by atoms with Crippen LogP contribution in [0.2, 0.25) is 0 Å². The monoisotopic (exact) mass is 315 g/mol. The molecule has 0 heterocycles. The number of carbonyl (C=O) groups excluding carboxylic acids is 1. The second-order valence-corrected chi connectivity index (χ2v) is 3.26. The molecule has 0 fully saturated rings. The fraction of sp³-hybridized carbons (Fsp3) is 0. The van der Waals surface area contributed by atoms with Gasteiger partial charge in [-0.25, -0.2) is 0 Å². The van der Waals surface area contributed by atoms with Gasteiger partial charge in [0.05, 0.1) is 6.41 Å². The molecule has 2 aromatic rings. The second kappa shape index (κ2) is 8.84. The first-order valence-electron chi connectivity index (χ1n) is 4.94. The Morgan fingerprint density at radius 1 is 0.833 bits per heavy atom. The summed E-state index contributed by atoms with van der Waals surface area (Å²) in [4.78, 5) is 10.3. The summed E-state index contributed by atoms with van der Waals surface area (Å²) in [6, 6.07) is 17.2. The zero-order valence-corrected chi connectivity index (χ0v) is 13.0. The van der Waals surface area contributed by atoms with Crippen LogP contribution in [0.15, 0.2) is 54.6 Å². The Morgan fingerprint density at radius 2 is 1.39 bits per heavy atom. The van der Waals surface area contributed by atoms with E-state index in [0.29, 0.717) is 5.69 Å². The summed E-state index contributed by atoms with van der Waals surface area (Å²) >= 11 is 0. The largest absolute Gasteiger partial charge is 0.489 e. The molecule has 1 amide bonds. The van der Waals surface area contributed by atoms with Crippen molar-refractivity contribution in [2.75, 3.05) is 10.6 Å². The smallest absolute Gasteiger partial charge is 0.0693 e. The molecule has 0 bridgehead atoms. The van der Waals surface area contributed by atoms with Crippen molar-refractivity contribution < 1.29 is 37.5 Å². The molecular weight excluding hydrogens is 301 g/mol. The number of hydrogen-bond acceptors (Lipinski definition) is 2. The van der Waals surface area contributed by atoms with Crippen LogP contribution >= 0.6 is 0 Å². The molecule has 0 aliphatic rings. The van der Waals surface area contributed by atoms with Crippen LogP contribution in [0.25, 0.3) is 0 Å². The molecule has 4 heteroatoms. The van der Waals surface area contributed by atoms with Gasteiger partial charge in [-0.2, -0.15) is 0 Å². The van der Waals surface area contributed by atoms with Crippen LogP contribution in [-0.4, -0.2) is 6.41 Å². The first-order chi connectivity index (χ1) is 7.90. The van der Waals surface area contributed by atoms with E-state index in [1.165, 1.54) is 0 Å². The molecule has 0 atom stereocenters. The quantitative estimate of drug-likeness (QED) is 0.671. The molecule has 2 N–H and O–H groups in total. The van der Waals surface area contributed by atoms with Crippen molar-refractivity contribution in [2.24, 2.45) is 0 Å². The van der Waals surface area contributed by atoms with E-state index in [-0.39, 0.29) is 40.1 Å². The first-order valence-corrected chi connectivity index (χ1v) is 4.94. The molecule has 18 heavy (non-hydrogen) atoms. The summed E-state index contributed by atoms with van der Waals surface area (Å²) in [7, 11) is 0. The molecule has 2 rings (SSSR count). The zero-order chi connectivity index (χ0) is 11.2. The van der Waals surface area contributed by atoms with Crippen LogP contribution in [0.4, 0.5) is 17.1 Å². The summed E-state index contributed by atoms with van der Waals surface area (Å²) in [6.45, 7) is 0. The van der Waals surface area contributed by atoms with Crippen LogP contribution in [0.3, 0.4) is 0 Å². The van der Waals surface area contributed by atoms with E-state index in [2.05, 4.69) is 10.6 Å². The summed E-state index contributed by atoms with van der Waals surface area (Å²) in [5, 5.41) is 5.74. The van der Waals surface area contributed by atoms with Crippen molar-refractivity contribution in [1.29, 1.82) is 0 Å². The number of rotatable bonds is 4. The van der Waals surface area contributed by atoms with Crippen LogP contribution in [-0.2, 0) is 37.5 Å². The predicted molar refractivity (Wildman–Crippen MR) is 71.9 cm³/mol. The number of para-hydroxylation sites is 3. The standard InChI is InChI=1S/C13H11N2O.CH3.Y/c16-10-14-12-8-4-5-9-13(12)15-11-6-2-1-3-7-11;;/h1-9,15H,(H,14,16);1H3;/q2*-1;. The SMILES string of the molecule is O=[C-]Nc1ccccc1Nc1ccccc1.[CH3-].[Y]. The minimum atomic E-state index is 0. The molecule has 0 saturated heterocycles. The van der Waals surface area contributed by atoms with E-state index in [9.17, 15) is 4.79 Å². The van der Waals surface area contributed by atoms with Crippen LogP contribution in [0.1, 0.15) is 0 Å². The number of nitrogens with one attached hydrogen (secondary N) is 2. The number of benzene rings is 2. The Kier molecular flexibility index (Phi) is 8.26. The molecule has 0 aliphatic carbocycles. The van der Waals surface area contributed by atoms with Gasteiger partial charge in [-0.1, -0.05) is 42.1 Å². The van der Waals surface area contributed by atoms with Crippen molar-refractivity contribution in [2.45, 2.75) is 0 Å². The Bertz CT molecular complexity index is 474. The molecule has 0 spiro atoms. The predicted octanol–water partition coefficient (Wildman–Crippen LogP) is 3.36. The average Bonchev–Trinajstić information content (AvgIpc) is 2.33. The summed E-state index contributed by atoms with van der Waals surface area (Å²) < 4.78 is 0. The van der Waals surface area contributed by atoms with Gasteiger partial charge in [0, 0.05) is 38.4 Å². The number of anilines is 3. The van der Waals surface area contributed by atoms with Crippen molar-refractivity contribution >= 4 is 23.5 Å². The van der Waals surface area contributed by atoms with Crippen molar-refractivity contribution in [3.8, 4) is 0 Å². The first kappa shape index (κ1) is 16.8. The van der Waals surface area contributed by atoms with Gasteiger partial charge in [0.2, 0.25) is 0 Å². The molecule has 91 valence electrons. The van der Waals surface area contributed by atoms with Gasteiger partial charge in [-0.3, -0.25) is 0 Å². The second-order valence-electron chi connectivity index (χ2n) is 3.26. The van der Waals surface area contributed by atoms with Gasteiger partial charge >= 0.3 is 0 Å². The third kappa shape index (κ3) is 4.59. The molecule has 0 saturated carbocycles. The van der Waals surface area contributed by atoms with E-state index in [0.717, 1.165) is 11.4 Å². The summed E-state index contributed by atoms with van der Waals surface area (Å²) in [6.07, 6.45) is 1.67. The molecule has 3 nitrogen and oxygen atoms in total. The summed E-state index contributed by atoms with van der Waals surface area (Å²) in [5.41, 5.74) is 2.53. The fourth-order valence-electron chi connectivity index (χ4n) is 1.43. The third-order valence-corrected chi connectivity index (χ3v) is 2.17. The molecule has 0 aromatic heterocycles. The van der Waals surface area contributed by atoms with Gasteiger partial charge in [0.15, 0.2) is 0 Å². The minimum absolute atomic E-state index is 0. The van der Waals surface area contributed by atoms with E-state index in [1.807, 2.05) is 54.6 Å². The maximum atomic E-state index is 10.3. The molecule has 0 aliphatic heterocycles. The maximum absolute atomic E-state index is 10.3. The van der Waals surface area contributed by atoms with E-state index in [1.54, 1.807) is 6.41 Å². The van der Waals surface area contributed by atoms with E-state index < -0.39 is 0 Å². The van der Waals surface area contributed by atoms with Gasteiger partial charge in [-0.05, 0) is 17.8 Å². The topological polar surface area (TPSA) is 41.1 Å². The normalized spacial score (nSPS) is 8.44. The Labute approximate surface area is 133 Å². The zero-order valence-electron chi connectivity index (χ0n) is 10.2. The number of amides is 1. The molecule has 0 unspecified atom stereocenters. The fourth-order valence-corrected chi connectivity index (χ4v) is 1.43. The number of hydrogen-bond donors (Lipinski definition) is 2. The maximum Gasteiger partial charge on any atom is 0.0693 e. The third-order valence-electron chi connectivity index (χ3n) is 2.17. The van der Waals surface area contributed by atoms with Crippen LogP contribution in [0, 0.1) is 7.43 Å². The van der Waals surface area contributed by atoms with E-state index in [4.69, 9.17) is 0 Å². The van der Waals surface area contributed by atoms with Crippen molar-refractivity contribution in [1.82, 2.24) is 0 Å². The van der Waals surface area contributed by atoms with Gasteiger partial charge in [0.1, 0.15) is 0 Å². The van der Waals surface area contributed by atoms with Gasteiger partial charge in [0.25, 0.3) is 0 Å². The summed E-state index contributed by atoms with van der Waals surface area (Å²) in [5.74, 6) is 0. The molecule has 1 radical (unpaired) electrons. The average molecular weight is 315 g/mol. The Balaban J connectivity index is 0.00000144. The Hall–Kier alpha value is -1.19. The Morgan fingerprint density at radius 3 is 2.00 bits per heavy atom.